The number of nitrogens with two attached hydrogens (primary N) is 1. The van der Waals surface area contributed by atoms with E-state index >= 15 is 0 Å². The lowest BCUT2D eigenvalue weighted by molar-refractivity contribution is -0.142. The molecule has 370 valence electrons. The summed E-state index contributed by atoms with van der Waals surface area (Å²) in [6.45, 7) is 0.532. The van der Waals surface area contributed by atoms with Crippen molar-refractivity contribution in [2.75, 3.05) is 45.2 Å². The Morgan fingerprint density at radius 1 is 0.657 bits per heavy atom. The zero-order valence-corrected chi connectivity index (χ0v) is 39.3. The molecule has 0 fully saturated rings. The molecule has 0 bridgehead atoms. The van der Waals surface area contributed by atoms with Crippen molar-refractivity contribution >= 4 is 69.6 Å². The molecular formula is C49H72N6O12. The molecule has 1 heterocycles. The molecule has 0 aliphatic carbocycles. The molecule has 0 aromatic heterocycles. The van der Waals surface area contributed by atoms with Crippen molar-refractivity contribution in [3.8, 4) is 0 Å². The number of amides is 4. The first kappa shape index (κ1) is 55.6. The van der Waals surface area contributed by atoms with Crippen molar-refractivity contribution in [3.63, 3.8) is 0 Å². The maximum absolute atomic E-state index is 13.8. The van der Waals surface area contributed by atoms with Crippen LogP contribution in [0.2, 0.25) is 0 Å². The van der Waals surface area contributed by atoms with Crippen LogP contribution in [0.1, 0.15) is 156 Å². The number of nitrogens with one attached hydrogen (secondary N) is 3. The molecule has 18 nitrogen and oxygen atoms in total. The van der Waals surface area contributed by atoms with Gasteiger partial charge >= 0.3 is 17.9 Å². The Labute approximate surface area is 393 Å². The number of hydrogen-bond donors (Lipinski definition) is 7. The molecule has 1 aliphatic heterocycles. The third-order valence-corrected chi connectivity index (χ3v) is 12.1. The number of carbonyl (C=O) groups is 9. The summed E-state index contributed by atoms with van der Waals surface area (Å²) in [5.41, 5.74) is 7.78. The van der Waals surface area contributed by atoms with Gasteiger partial charge in [-0.25, -0.2) is 4.79 Å². The highest BCUT2D eigenvalue weighted by Gasteiger charge is 2.35. The third kappa shape index (κ3) is 19.6. The van der Waals surface area contributed by atoms with E-state index in [0.717, 1.165) is 80.2 Å². The fourth-order valence-corrected chi connectivity index (χ4v) is 8.23. The lowest BCUT2D eigenvalue weighted by Gasteiger charge is -2.29. The van der Waals surface area contributed by atoms with E-state index in [1.165, 1.54) is 0 Å². The highest BCUT2D eigenvalue weighted by atomic mass is 16.4. The normalized spacial score (nSPS) is 13.5. The Bertz CT molecular complexity index is 2000. The highest BCUT2D eigenvalue weighted by Crippen LogP contribution is 2.35. The quantitative estimate of drug-likeness (QED) is 0.0338. The lowest BCUT2D eigenvalue weighted by Crippen LogP contribution is -2.45. The van der Waals surface area contributed by atoms with Gasteiger partial charge in [-0.15, -0.1) is 0 Å². The van der Waals surface area contributed by atoms with Crippen LogP contribution in [0, 0.1) is 5.92 Å². The summed E-state index contributed by atoms with van der Waals surface area (Å²) < 4.78 is 0. The van der Waals surface area contributed by atoms with Crippen LogP contribution < -0.4 is 26.6 Å². The lowest BCUT2D eigenvalue weighted by atomic mass is 9.91. The summed E-state index contributed by atoms with van der Waals surface area (Å²) in [6.07, 6.45) is 11.3. The van der Waals surface area contributed by atoms with Gasteiger partial charge in [-0.3, -0.25) is 43.3 Å². The smallest absolute Gasteiger partial charge is 0.326 e. The molecular weight excluding hydrogens is 865 g/mol. The number of imide groups is 1. The van der Waals surface area contributed by atoms with Crippen molar-refractivity contribution in [3.05, 3.63) is 41.5 Å². The van der Waals surface area contributed by atoms with Gasteiger partial charge in [0.05, 0.1) is 6.04 Å². The van der Waals surface area contributed by atoms with Gasteiger partial charge in [-0.1, -0.05) is 63.5 Å². The second-order valence-electron chi connectivity index (χ2n) is 17.7. The first-order chi connectivity index (χ1) is 32.0. The Morgan fingerprint density at radius 3 is 1.85 bits per heavy atom. The summed E-state index contributed by atoms with van der Waals surface area (Å²) >= 11 is 0. The fourth-order valence-electron chi connectivity index (χ4n) is 8.23. The van der Waals surface area contributed by atoms with Crippen LogP contribution in [0.4, 0.5) is 5.69 Å². The van der Waals surface area contributed by atoms with Gasteiger partial charge in [0.25, 0.3) is 11.8 Å². The molecule has 3 atom stereocenters. The highest BCUT2D eigenvalue weighted by molar-refractivity contribution is 6.26. The first-order valence-electron chi connectivity index (χ1n) is 23.8. The second-order valence-corrected chi connectivity index (χ2v) is 17.7. The predicted octanol–water partition coefficient (Wildman–Crippen LogP) is 5.22. The van der Waals surface area contributed by atoms with Gasteiger partial charge in [0, 0.05) is 99.2 Å². The maximum Gasteiger partial charge on any atom is 0.326 e. The van der Waals surface area contributed by atoms with Crippen molar-refractivity contribution in [2.24, 2.45) is 11.7 Å². The van der Waals surface area contributed by atoms with Crippen LogP contribution in [-0.2, 0) is 33.6 Å². The summed E-state index contributed by atoms with van der Waals surface area (Å²) in [5, 5.41) is 36.7. The van der Waals surface area contributed by atoms with E-state index in [-0.39, 0.29) is 70.2 Å². The van der Waals surface area contributed by atoms with E-state index in [2.05, 4.69) is 16.0 Å². The summed E-state index contributed by atoms with van der Waals surface area (Å²) in [5.74, 6) is -6.83. The number of rotatable bonds is 37. The molecule has 0 spiro atoms. The van der Waals surface area contributed by atoms with Crippen LogP contribution in [0.3, 0.4) is 0 Å². The van der Waals surface area contributed by atoms with E-state index in [4.69, 9.17) is 15.9 Å². The van der Waals surface area contributed by atoms with Crippen LogP contribution >= 0.6 is 0 Å². The van der Waals surface area contributed by atoms with E-state index in [1.54, 1.807) is 24.3 Å². The van der Waals surface area contributed by atoms with Gasteiger partial charge in [-0.2, -0.15) is 0 Å². The van der Waals surface area contributed by atoms with Gasteiger partial charge in [0.2, 0.25) is 11.8 Å². The number of carboxylic acids is 3. The fraction of sp³-hybridized carbons (Fsp3) is 0.612. The molecule has 8 N–H and O–H groups in total. The van der Waals surface area contributed by atoms with E-state index in [0.29, 0.717) is 48.9 Å². The van der Waals surface area contributed by atoms with E-state index in [1.807, 2.05) is 25.1 Å². The minimum atomic E-state index is -1.39. The standard InChI is InChI=1S/C49H72N6O12/c1-54(2)40-24-23-37-45-35(40)18-13-19-36(45)47(64)55(48(37)65)31-27-33(46(63)52-30-26-39(49(66)67)53-42(58)20-14-22-44(61)62)32-41(57)38(50)25-29-51-28-15-17-34(56)16-11-9-7-5-3-4-6-8-10-12-21-43(59)60/h13,18-19,23-24,33,38-39,51H,3-12,14-17,20-22,25-32,50H2,1-2H3,(H,52,63)(H,53,58)(H,59,60)(H,61,62)(H,66,67)/t33-,38-,39-/m0/s1. The Hall–Kier alpha value is -5.75. The van der Waals surface area contributed by atoms with Gasteiger partial charge < -0.3 is 41.9 Å². The molecule has 2 aromatic rings. The number of Topliss-reactive ketones (excluding diaryl/α,β-unsaturated/α-hetero) is 2. The van der Waals surface area contributed by atoms with E-state index in [9.17, 15) is 48.3 Å². The van der Waals surface area contributed by atoms with Crippen LogP contribution in [0.25, 0.3) is 10.8 Å². The molecule has 0 unspecified atom stereocenters. The largest absolute Gasteiger partial charge is 0.481 e. The number of unbranched alkanes of at least 4 members (excludes halogenated alkanes) is 9. The van der Waals surface area contributed by atoms with Crippen molar-refractivity contribution < 1.29 is 58.5 Å². The average molecular weight is 937 g/mol. The molecule has 2 aromatic carbocycles. The second kappa shape index (κ2) is 29.8. The first-order valence-corrected chi connectivity index (χ1v) is 23.8. The Kier molecular flexibility index (Phi) is 24.7. The monoisotopic (exact) mass is 937 g/mol. The molecule has 0 radical (unpaired) electrons. The van der Waals surface area contributed by atoms with Crippen molar-refractivity contribution in [1.29, 1.82) is 0 Å². The Balaban J connectivity index is 1.50. The van der Waals surface area contributed by atoms with Gasteiger partial charge in [-0.05, 0) is 76.2 Å². The van der Waals surface area contributed by atoms with Gasteiger partial charge in [0.15, 0.2) is 0 Å². The summed E-state index contributed by atoms with van der Waals surface area (Å²) in [6, 6.07) is 6.34. The zero-order chi connectivity index (χ0) is 49.3. The molecule has 3 rings (SSSR count). The number of carboxylic acid groups (broad SMARTS) is 3. The number of hydrogen-bond acceptors (Lipinski definition) is 12. The predicted molar refractivity (Wildman–Crippen MR) is 253 cm³/mol. The van der Waals surface area contributed by atoms with Gasteiger partial charge in [0.1, 0.15) is 17.6 Å². The van der Waals surface area contributed by atoms with Crippen molar-refractivity contribution in [2.45, 2.75) is 147 Å². The molecule has 67 heavy (non-hydrogen) atoms. The molecule has 18 heteroatoms. The number of aliphatic carboxylic acids is 3. The minimum Gasteiger partial charge on any atom is -0.481 e. The molecule has 1 aliphatic rings. The number of carbonyl (C=O) groups excluding carboxylic acids is 6. The number of benzene rings is 2. The zero-order valence-electron chi connectivity index (χ0n) is 39.3. The topological polar surface area (TPSA) is 283 Å². The molecule has 0 saturated heterocycles. The minimum absolute atomic E-state index is 0.0180. The van der Waals surface area contributed by atoms with Crippen LogP contribution in [-0.4, -0.2) is 126 Å². The molecule has 0 saturated carbocycles. The van der Waals surface area contributed by atoms with Crippen LogP contribution in [0.15, 0.2) is 30.3 Å². The third-order valence-electron chi connectivity index (χ3n) is 12.1. The number of anilines is 1. The summed E-state index contributed by atoms with van der Waals surface area (Å²) in [7, 11) is 3.72. The Morgan fingerprint density at radius 2 is 1.24 bits per heavy atom. The van der Waals surface area contributed by atoms with Crippen molar-refractivity contribution in [1.82, 2.24) is 20.9 Å². The molecule has 4 amide bonds. The number of nitrogens with zero attached hydrogens (tertiary/aromatic N) is 2. The average Bonchev–Trinajstić information content (AvgIpc) is 3.27. The maximum atomic E-state index is 13.8. The van der Waals surface area contributed by atoms with E-state index < -0.39 is 65.3 Å². The van der Waals surface area contributed by atoms with Crippen LogP contribution in [0.5, 0.6) is 0 Å². The SMILES string of the molecule is CN(C)c1ccc2c3c(cccc13)C(=O)N(CC[C@@H](CC(=O)[C@@H](N)CCNCCCC(=O)CCCCCCCCCCCCC(=O)O)C(=O)NCC[C@H](NC(=O)CCCC(=O)O)C(=O)O)C2=O. The summed E-state index contributed by atoms with van der Waals surface area (Å²) in [4.78, 5) is 116. The number of ketones is 2.